The van der Waals surface area contributed by atoms with Crippen molar-refractivity contribution in [1.29, 1.82) is 10.5 Å². The number of hydrogen-bond acceptors (Lipinski definition) is 5. The summed E-state index contributed by atoms with van der Waals surface area (Å²) in [5.74, 6) is -0.358. The number of non-ortho nitro benzene ring substituents is 1. The van der Waals surface area contributed by atoms with Crippen molar-refractivity contribution >= 4 is 11.8 Å². The molecule has 0 bridgehead atoms. The smallest absolute Gasteiger partial charge is 0.387 e. The van der Waals surface area contributed by atoms with Crippen LogP contribution in [0.2, 0.25) is 0 Å². The van der Waals surface area contributed by atoms with Gasteiger partial charge in [0.25, 0.3) is 5.69 Å². The number of nitro benzene ring substituents is 1. The van der Waals surface area contributed by atoms with Gasteiger partial charge in [0.2, 0.25) is 0 Å². The lowest BCUT2D eigenvalue weighted by molar-refractivity contribution is -0.384. The maximum atomic E-state index is 12.2. The van der Waals surface area contributed by atoms with E-state index in [9.17, 15) is 18.9 Å². The molecule has 8 heteroatoms. The zero-order valence-corrected chi connectivity index (χ0v) is 9.21. The van der Waals surface area contributed by atoms with Gasteiger partial charge in [0.05, 0.1) is 4.92 Å². The predicted octanol–water partition coefficient (Wildman–Crippen LogP) is 2.63. The molecule has 0 unspecified atom stereocenters. The summed E-state index contributed by atoms with van der Waals surface area (Å²) in [6, 6.07) is 5.92. The van der Waals surface area contributed by atoms with Gasteiger partial charge < -0.3 is 4.74 Å². The molecule has 0 saturated carbocycles. The number of halogens is 2. The number of benzene rings is 1. The third-order valence-electron chi connectivity index (χ3n) is 1.96. The Morgan fingerprint density at radius 2 is 2.05 bits per heavy atom. The second kappa shape index (κ2) is 6.07. The van der Waals surface area contributed by atoms with E-state index in [4.69, 9.17) is 10.5 Å². The second-order valence-corrected chi connectivity index (χ2v) is 3.14. The molecule has 0 atom stereocenters. The average molecular weight is 265 g/mol. The van der Waals surface area contributed by atoms with Crippen molar-refractivity contribution in [2.75, 3.05) is 0 Å². The lowest BCUT2D eigenvalue weighted by atomic mass is 10.1. The highest BCUT2D eigenvalue weighted by molar-refractivity contribution is 5.68. The molecular weight excluding hydrogens is 260 g/mol. The second-order valence-electron chi connectivity index (χ2n) is 3.14. The Bertz CT molecular complexity index is 599. The molecule has 1 aromatic carbocycles. The first-order valence-electron chi connectivity index (χ1n) is 4.73. The van der Waals surface area contributed by atoms with Crippen molar-refractivity contribution < 1.29 is 18.4 Å². The van der Waals surface area contributed by atoms with E-state index < -0.39 is 11.5 Å². The van der Waals surface area contributed by atoms with E-state index >= 15 is 0 Å². The highest BCUT2D eigenvalue weighted by Gasteiger charge is 2.14. The van der Waals surface area contributed by atoms with Crippen molar-refractivity contribution in [3.05, 3.63) is 39.4 Å². The number of nitro groups is 1. The first-order valence-corrected chi connectivity index (χ1v) is 4.73. The molecule has 0 aromatic heterocycles. The van der Waals surface area contributed by atoms with Gasteiger partial charge in [-0.1, -0.05) is 0 Å². The van der Waals surface area contributed by atoms with E-state index in [0.29, 0.717) is 0 Å². The maximum absolute atomic E-state index is 12.2. The minimum absolute atomic E-state index is 0.146. The van der Waals surface area contributed by atoms with Crippen LogP contribution in [0.5, 0.6) is 5.75 Å². The van der Waals surface area contributed by atoms with E-state index in [0.717, 1.165) is 24.3 Å². The molecule has 1 aromatic rings. The Balaban J connectivity index is 3.35. The van der Waals surface area contributed by atoms with Gasteiger partial charge >= 0.3 is 6.61 Å². The fourth-order valence-electron chi connectivity index (χ4n) is 1.21. The monoisotopic (exact) mass is 265 g/mol. The van der Waals surface area contributed by atoms with E-state index in [2.05, 4.69) is 4.74 Å². The van der Waals surface area contributed by atoms with Crippen LogP contribution in [0, 0.1) is 32.8 Å². The predicted molar refractivity (Wildman–Crippen MR) is 58.9 cm³/mol. The average Bonchev–Trinajstić information content (AvgIpc) is 2.36. The Morgan fingerprint density at radius 1 is 1.42 bits per heavy atom. The first kappa shape index (κ1) is 14.1. The molecular formula is C11H5F2N3O3. The van der Waals surface area contributed by atoms with Gasteiger partial charge in [0.1, 0.15) is 23.5 Å². The molecule has 0 N–H and O–H groups in total. The van der Waals surface area contributed by atoms with E-state index in [1.54, 1.807) is 0 Å². The van der Waals surface area contributed by atoms with E-state index in [1.807, 2.05) is 0 Å². The third kappa shape index (κ3) is 3.75. The van der Waals surface area contributed by atoms with Crippen LogP contribution in [0.4, 0.5) is 14.5 Å². The summed E-state index contributed by atoms with van der Waals surface area (Å²) in [6.45, 7) is -3.12. The molecule has 0 spiro atoms. The zero-order valence-electron chi connectivity index (χ0n) is 9.21. The molecule has 0 fully saturated rings. The van der Waals surface area contributed by atoms with Gasteiger partial charge in [0.15, 0.2) is 0 Å². The molecule has 0 saturated heterocycles. The standard InChI is InChI=1S/C11H5F2N3O3/c12-11(13)19-10-2-1-9(16(17)18)4-8(10)3-7(5-14)6-15/h1-4,11H. The lowest BCUT2D eigenvalue weighted by Gasteiger charge is -2.07. The molecule has 6 nitrogen and oxygen atoms in total. The summed E-state index contributed by atoms with van der Waals surface area (Å²) in [6.07, 6.45) is 0.935. The largest absolute Gasteiger partial charge is 0.434 e. The van der Waals surface area contributed by atoms with Crippen LogP contribution in [0.3, 0.4) is 0 Å². The van der Waals surface area contributed by atoms with E-state index in [-0.39, 0.29) is 22.6 Å². The molecule has 0 amide bonds. The number of alkyl halides is 2. The van der Waals surface area contributed by atoms with Crippen LogP contribution in [-0.2, 0) is 0 Å². The van der Waals surface area contributed by atoms with Crippen LogP contribution in [0.15, 0.2) is 23.8 Å². The molecule has 96 valence electrons. The fraction of sp³-hybridized carbons (Fsp3) is 0.0909. The quantitative estimate of drug-likeness (QED) is 0.473. The molecule has 1 rings (SSSR count). The van der Waals surface area contributed by atoms with Crippen molar-refractivity contribution in [3.63, 3.8) is 0 Å². The van der Waals surface area contributed by atoms with Crippen LogP contribution < -0.4 is 4.74 Å². The van der Waals surface area contributed by atoms with Gasteiger partial charge in [-0.3, -0.25) is 10.1 Å². The SMILES string of the molecule is N#CC(C#N)=Cc1cc([N+](=O)[O-])ccc1OC(F)F. The van der Waals surface area contributed by atoms with Crippen LogP contribution in [-0.4, -0.2) is 11.5 Å². The van der Waals surface area contributed by atoms with Crippen molar-refractivity contribution in [2.24, 2.45) is 0 Å². The van der Waals surface area contributed by atoms with Gasteiger partial charge in [-0.05, 0) is 12.1 Å². The summed E-state index contributed by atoms with van der Waals surface area (Å²) < 4.78 is 28.5. The number of hydrogen-bond donors (Lipinski definition) is 0. The maximum Gasteiger partial charge on any atom is 0.387 e. The lowest BCUT2D eigenvalue weighted by Crippen LogP contribution is -2.03. The normalized spacial score (nSPS) is 9.32. The number of ether oxygens (including phenoxy) is 1. The summed E-state index contributed by atoms with van der Waals surface area (Å²) >= 11 is 0. The third-order valence-corrected chi connectivity index (χ3v) is 1.96. The van der Waals surface area contributed by atoms with Crippen molar-refractivity contribution in [2.45, 2.75) is 6.61 Å². The minimum atomic E-state index is -3.12. The first-order chi connectivity index (χ1) is 8.97. The zero-order chi connectivity index (χ0) is 14.4. The van der Waals surface area contributed by atoms with Crippen LogP contribution in [0.1, 0.15) is 5.56 Å². The Kier molecular flexibility index (Phi) is 4.50. The summed E-state index contributed by atoms with van der Waals surface area (Å²) in [4.78, 5) is 9.84. The fourth-order valence-corrected chi connectivity index (χ4v) is 1.21. The number of nitriles is 2. The molecule has 0 heterocycles. The Labute approximate surface area is 105 Å². The molecule has 0 aliphatic rings. The number of allylic oxidation sites excluding steroid dienone is 1. The topological polar surface area (TPSA) is 100.0 Å². The highest BCUT2D eigenvalue weighted by Crippen LogP contribution is 2.27. The number of nitrogens with zero attached hydrogens (tertiary/aromatic N) is 3. The molecule has 0 aliphatic heterocycles. The van der Waals surface area contributed by atoms with Gasteiger partial charge in [-0.2, -0.15) is 19.3 Å². The van der Waals surface area contributed by atoms with Gasteiger partial charge in [-0.25, -0.2) is 0 Å². The molecule has 0 aliphatic carbocycles. The summed E-state index contributed by atoms with van der Waals surface area (Å²) in [5.41, 5.74) is -0.907. The molecule has 0 radical (unpaired) electrons. The minimum Gasteiger partial charge on any atom is -0.434 e. The van der Waals surface area contributed by atoms with Crippen molar-refractivity contribution in [3.8, 4) is 17.9 Å². The summed E-state index contributed by atoms with van der Waals surface area (Å²) in [5, 5.41) is 27.7. The van der Waals surface area contributed by atoms with Crippen molar-refractivity contribution in [1.82, 2.24) is 0 Å². The number of rotatable bonds is 4. The Hall–Kier alpha value is -3.00. The Morgan fingerprint density at radius 3 is 2.53 bits per heavy atom. The summed E-state index contributed by atoms with van der Waals surface area (Å²) in [7, 11) is 0. The van der Waals surface area contributed by atoms with Crippen LogP contribution in [0.25, 0.3) is 6.08 Å². The van der Waals surface area contributed by atoms with Gasteiger partial charge in [0, 0.05) is 17.7 Å². The van der Waals surface area contributed by atoms with Gasteiger partial charge in [-0.15, -0.1) is 0 Å². The highest BCUT2D eigenvalue weighted by atomic mass is 19.3. The van der Waals surface area contributed by atoms with E-state index in [1.165, 1.54) is 12.1 Å². The molecule has 19 heavy (non-hydrogen) atoms. The van der Waals surface area contributed by atoms with Crippen LogP contribution >= 0.6 is 0 Å².